The average molecular weight is 339 g/mol. The van der Waals surface area contributed by atoms with E-state index in [1.54, 1.807) is 23.3 Å². The molecule has 2 aromatic heterocycles. The minimum atomic E-state index is -0.183. The van der Waals surface area contributed by atoms with Crippen molar-refractivity contribution >= 4 is 33.8 Å². The molecule has 2 rings (SSSR count). The third-order valence-corrected chi connectivity index (χ3v) is 5.90. The van der Waals surface area contributed by atoms with E-state index in [9.17, 15) is 4.79 Å². The topological polar surface area (TPSA) is 71.0 Å². The van der Waals surface area contributed by atoms with E-state index >= 15 is 0 Å². The van der Waals surface area contributed by atoms with E-state index in [2.05, 4.69) is 27.4 Å². The molecule has 2 aromatic rings. The molecule has 1 N–H and O–H groups in total. The van der Waals surface area contributed by atoms with Crippen LogP contribution in [0.15, 0.2) is 0 Å². The van der Waals surface area contributed by atoms with Crippen molar-refractivity contribution < 1.29 is 4.79 Å². The standard InChI is InChI=1S/C14H21N5OS2/c1-6-10-15-8(3)12(21-10)9(4)19(5)14(20)16-13-18-17-11(7-2)22-13/h9H,6-7H2,1-5H3,(H,16,18,20)/t9-/m0/s1. The lowest BCUT2D eigenvalue weighted by Crippen LogP contribution is -2.33. The van der Waals surface area contributed by atoms with E-state index in [1.807, 2.05) is 20.8 Å². The number of nitrogens with one attached hydrogen (secondary N) is 1. The first-order valence-electron chi connectivity index (χ1n) is 7.28. The van der Waals surface area contributed by atoms with Crippen molar-refractivity contribution in [3.63, 3.8) is 0 Å². The Labute approximate surface area is 138 Å². The zero-order chi connectivity index (χ0) is 16.3. The average Bonchev–Trinajstić information content (AvgIpc) is 3.11. The van der Waals surface area contributed by atoms with Gasteiger partial charge in [-0.05, 0) is 26.7 Å². The third kappa shape index (κ3) is 3.61. The van der Waals surface area contributed by atoms with Crippen molar-refractivity contribution in [1.82, 2.24) is 20.1 Å². The number of thiazole rings is 1. The van der Waals surface area contributed by atoms with E-state index in [0.717, 1.165) is 33.4 Å². The lowest BCUT2D eigenvalue weighted by Gasteiger charge is -2.24. The zero-order valence-corrected chi connectivity index (χ0v) is 15.1. The SMILES string of the molecule is CCc1nnc(NC(=O)N(C)[C@@H](C)c2sc(CC)nc2C)s1. The highest BCUT2D eigenvalue weighted by molar-refractivity contribution is 7.15. The number of amides is 2. The minimum Gasteiger partial charge on any atom is -0.320 e. The van der Waals surface area contributed by atoms with Gasteiger partial charge in [0.1, 0.15) is 5.01 Å². The number of hydrogen-bond donors (Lipinski definition) is 1. The van der Waals surface area contributed by atoms with Crippen molar-refractivity contribution in [1.29, 1.82) is 0 Å². The van der Waals surface area contributed by atoms with Gasteiger partial charge in [-0.25, -0.2) is 9.78 Å². The van der Waals surface area contributed by atoms with Gasteiger partial charge >= 0.3 is 6.03 Å². The number of carbonyl (C=O) groups excluding carboxylic acids is 1. The van der Waals surface area contributed by atoms with Gasteiger partial charge in [-0.1, -0.05) is 25.2 Å². The van der Waals surface area contributed by atoms with Crippen LogP contribution in [0.4, 0.5) is 9.93 Å². The summed E-state index contributed by atoms with van der Waals surface area (Å²) in [5, 5.41) is 13.3. The number of carbonyl (C=O) groups is 1. The van der Waals surface area contributed by atoms with Crippen molar-refractivity contribution in [2.24, 2.45) is 0 Å². The monoisotopic (exact) mass is 339 g/mol. The second-order valence-electron chi connectivity index (χ2n) is 4.98. The van der Waals surface area contributed by atoms with Gasteiger partial charge in [-0.3, -0.25) is 5.32 Å². The van der Waals surface area contributed by atoms with Crippen LogP contribution in [0.3, 0.4) is 0 Å². The van der Waals surface area contributed by atoms with Crippen molar-refractivity contribution in [2.75, 3.05) is 12.4 Å². The molecule has 22 heavy (non-hydrogen) atoms. The molecule has 0 aliphatic heterocycles. The second kappa shape index (κ2) is 7.15. The highest BCUT2D eigenvalue weighted by Crippen LogP contribution is 2.29. The molecule has 0 spiro atoms. The molecular formula is C14H21N5OS2. The van der Waals surface area contributed by atoms with Crippen LogP contribution in [0.25, 0.3) is 0 Å². The minimum absolute atomic E-state index is 0.0311. The summed E-state index contributed by atoms with van der Waals surface area (Å²) in [5.41, 5.74) is 0.998. The molecule has 0 aromatic carbocycles. The maximum Gasteiger partial charge on any atom is 0.323 e. The fraction of sp³-hybridized carbons (Fsp3) is 0.571. The van der Waals surface area contributed by atoms with Crippen molar-refractivity contribution in [3.8, 4) is 0 Å². The van der Waals surface area contributed by atoms with E-state index in [0.29, 0.717) is 5.13 Å². The number of aromatic nitrogens is 3. The molecule has 0 aliphatic carbocycles. The summed E-state index contributed by atoms with van der Waals surface area (Å²) in [6, 6.07) is -0.214. The van der Waals surface area contributed by atoms with E-state index in [4.69, 9.17) is 0 Å². The fourth-order valence-corrected chi connectivity index (χ4v) is 3.75. The van der Waals surface area contributed by atoms with E-state index in [1.165, 1.54) is 11.3 Å². The smallest absolute Gasteiger partial charge is 0.320 e. The molecule has 6 nitrogen and oxygen atoms in total. The first-order chi connectivity index (χ1) is 10.5. The van der Waals surface area contributed by atoms with Crippen LogP contribution >= 0.6 is 22.7 Å². The molecule has 0 saturated carbocycles. The van der Waals surface area contributed by atoms with Crippen LogP contribution in [-0.4, -0.2) is 33.2 Å². The highest BCUT2D eigenvalue weighted by Gasteiger charge is 2.22. The van der Waals surface area contributed by atoms with Crippen LogP contribution in [-0.2, 0) is 12.8 Å². The fourth-order valence-electron chi connectivity index (χ4n) is 1.98. The molecule has 0 saturated heterocycles. The van der Waals surface area contributed by atoms with Gasteiger partial charge < -0.3 is 4.90 Å². The largest absolute Gasteiger partial charge is 0.323 e. The molecule has 0 bridgehead atoms. The summed E-state index contributed by atoms with van der Waals surface area (Å²) in [6.07, 6.45) is 1.73. The molecule has 2 heterocycles. The molecule has 2 amide bonds. The maximum atomic E-state index is 12.4. The lowest BCUT2D eigenvalue weighted by molar-refractivity contribution is 0.209. The van der Waals surface area contributed by atoms with E-state index in [-0.39, 0.29) is 12.1 Å². The van der Waals surface area contributed by atoms with E-state index < -0.39 is 0 Å². The molecule has 0 unspecified atom stereocenters. The summed E-state index contributed by atoms with van der Waals surface area (Å²) < 4.78 is 0. The molecule has 8 heteroatoms. The molecule has 0 aliphatic rings. The Hall–Kier alpha value is -1.54. The van der Waals surface area contributed by atoms with Gasteiger partial charge in [0.25, 0.3) is 0 Å². The molecule has 0 fully saturated rings. The molecule has 1 atom stereocenters. The van der Waals surface area contributed by atoms with Crippen molar-refractivity contribution in [2.45, 2.75) is 46.6 Å². The number of hydrogen-bond acceptors (Lipinski definition) is 6. The quantitative estimate of drug-likeness (QED) is 0.902. The zero-order valence-electron chi connectivity index (χ0n) is 13.5. The summed E-state index contributed by atoms with van der Waals surface area (Å²) in [4.78, 5) is 19.7. The Morgan fingerprint density at radius 1 is 1.23 bits per heavy atom. The lowest BCUT2D eigenvalue weighted by atomic mass is 10.2. The number of aryl methyl sites for hydroxylation is 3. The van der Waals surface area contributed by atoms with Gasteiger partial charge in [0.05, 0.1) is 16.7 Å². The first-order valence-corrected chi connectivity index (χ1v) is 8.91. The number of urea groups is 1. The van der Waals surface area contributed by atoms with Gasteiger partial charge in [-0.15, -0.1) is 21.5 Å². The summed E-state index contributed by atoms with van der Waals surface area (Å²) in [5.74, 6) is 0. The maximum absolute atomic E-state index is 12.4. The van der Waals surface area contributed by atoms with Gasteiger partial charge in [0.2, 0.25) is 5.13 Å². The highest BCUT2D eigenvalue weighted by atomic mass is 32.1. The first kappa shape index (κ1) is 16.8. The number of nitrogens with zero attached hydrogens (tertiary/aromatic N) is 4. The Balaban J connectivity index is 2.07. The summed E-state index contributed by atoms with van der Waals surface area (Å²) in [7, 11) is 1.78. The number of anilines is 1. The van der Waals surface area contributed by atoms with Crippen LogP contribution < -0.4 is 5.32 Å². The predicted octanol–water partition coefficient (Wildman–Crippen LogP) is 3.65. The molecule has 0 radical (unpaired) electrons. The van der Waals surface area contributed by atoms with Gasteiger partial charge in [-0.2, -0.15) is 0 Å². The molecular weight excluding hydrogens is 318 g/mol. The normalized spacial score (nSPS) is 12.2. The Morgan fingerprint density at radius 2 is 1.91 bits per heavy atom. The second-order valence-corrected chi connectivity index (χ2v) is 7.16. The van der Waals surface area contributed by atoms with Crippen molar-refractivity contribution in [3.05, 3.63) is 20.6 Å². The van der Waals surface area contributed by atoms with Crippen LogP contribution in [0, 0.1) is 6.92 Å². The van der Waals surface area contributed by atoms with Crippen LogP contribution in [0.5, 0.6) is 0 Å². The Morgan fingerprint density at radius 3 is 2.45 bits per heavy atom. The molecule has 120 valence electrons. The summed E-state index contributed by atoms with van der Waals surface area (Å²) >= 11 is 3.08. The Kier molecular flexibility index (Phi) is 5.47. The predicted molar refractivity (Wildman–Crippen MR) is 90.7 cm³/mol. The van der Waals surface area contributed by atoms with Gasteiger partial charge in [0.15, 0.2) is 0 Å². The number of rotatable bonds is 5. The summed E-state index contributed by atoms with van der Waals surface area (Å²) in [6.45, 7) is 8.10. The Bertz CT molecular complexity index is 651. The van der Waals surface area contributed by atoms with Crippen LogP contribution in [0.2, 0.25) is 0 Å². The third-order valence-electron chi connectivity index (χ3n) is 3.44. The van der Waals surface area contributed by atoms with Crippen LogP contribution in [0.1, 0.15) is 47.4 Å². The van der Waals surface area contributed by atoms with Gasteiger partial charge in [0, 0.05) is 11.9 Å².